The van der Waals surface area contributed by atoms with Crippen LogP contribution in [0.15, 0.2) is 29.7 Å². The fraction of sp³-hybridized carbons (Fsp3) is 0.538. The fourth-order valence-electron chi connectivity index (χ4n) is 1.81. The summed E-state index contributed by atoms with van der Waals surface area (Å²) in [5, 5.41) is 4.14. The van der Waals surface area contributed by atoms with Crippen LogP contribution in [0.2, 0.25) is 0 Å². The molecule has 0 amide bonds. The number of aromatic nitrogens is 1. The Morgan fingerprint density at radius 1 is 1.50 bits per heavy atom. The van der Waals surface area contributed by atoms with Crippen LogP contribution in [0.4, 0.5) is 0 Å². The molecule has 0 saturated heterocycles. The molecule has 0 bridgehead atoms. The molecule has 0 radical (unpaired) electrons. The monoisotopic (exact) mass is 218 g/mol. The molecule has 1 aliphatic rings. The first-order valence-electron chi connectivity index (χ1n) is 5.89. The van der Waals surface area contributed by atoms with E-state index >= 15 is 0 Å². The number of nitrogens with zero attached hydrogens (tertiary/aromatic N) is 2. The lowest BCUT2D eigenvalue weighted by atomic mass is 10.00. The van der Waals surface area contributed by atoms with Gasteiger partial charge >= 0.3 is 0 Å². The summed E-state index contributed by atoms with van der Waals surface area (Å²) >= 11 is 0. The van der Waals surface area contributed by atoms with Crippen molar-refractivity contribution in [1.29, 1.82) is 0 Å². The van der Waals surface area contributed by atoms with Crippen molar-refractivity contribution in [3.8, 4) is 0 Å². The van der Waals surface area contributed by atoms with Crippen LogP contribution in [0.25, 0.3) is 0 Å². The zero-order valence-electron chi connectivity index (χ0n) is 9.89. The van der Waals surface area contributed by atoms with Gasteiger partial charge in [-0.15, -0.1) is 0 Å². The fourth-order valence-corrected chi connectivity index (χ4v) is 1.81. The minimum absolute atomic E-state index is 0.262. The summed E-state index contributed by atoms with van der Waals surface area (Å²) in [4.78, 5) is 9.52. The highest BCUT2D eigenvalue weighted by Gasteiger charge is 2.21. The molecule has 1 aromatic heterocycles. The Morgan fingerprint density at radius 2 is 2.38 bits per heavy atom. The van der Waals surface area contributed by atoms with Crippen molar-refractivity contribution in [3.05, 3.63) is 30.1 Å². The van der Waals surface area contributed by atoms with Gasteiger partial charge in [0.25, 0.3) is 0 Å². The molecule has 0 saturated carbocycles. The molecule has 16 heavy (non-hydrogen) atoms. The van der Waals surface area contributed by atoms with Gasteiger partial charge in [-0.3, -0.25) is 4.98 Å². The number of hydrogen-bond acceptors (Lipinski definition) is 3. The molecule has 2 rings (SSSR count). The van der Waals surface area contributed by atoms with Crippen molar-refractivity contribution in [1.82, 2.24) is 4.98 Å². The van der Waals surface area contributed by atoms with E-state index < -0.39 is 0 Å². The minimum Gasteiger partial charge on any atom is -0.392 e. The van der Waals surface area contributed by atoms with E-state index in [1.807, 2.05) is 18.3 Å². The predicted octanol–water partition coefficient (Wildman–Crippen LogP) is 3.01. The second-order valence-electron chi connectivity index (χ2n) is 4.68. The summed E-state index contributed by atoms with van der Waals surface area (Å²) in [7, 11) is 0. The Morgan fingerprint density at radius 3 is 3.06 bits per heavy atom. The molecular weight excluding hydrogens is 200 g/mol. The third-order valence-corrected chi connectivity index (χ3v) is 2.79. The number of hydrogen-bond donors (Lipinski definition) is 0. The molecule has 0 aromatic carbocycles. The summed E-state index contributed by atoms with van der Waals surface area (Å²) in [6, 6.07) is 3.96. The van der Waals surface area contributed by atoms with Gasteiger partial charge in [0.2, 0.25) is 0 Å². The highest BCUT2D eigenvalue weighted by atomic mass is 16.6. The Labute approximate surface area is 96.5 Å². The highest BCUT2D eigenvalue weighted by molar-refractivity contribution is 6.00. The Balaban J connectivity index is 1.88. The van der Waals surface area contributed by atoms with Crippen molar-refractivity contribution in [2.45, 2.75) is 39.2 Å². The predicted molar refractivity (Wildman–Crippen MR) is 64.3 cm³/mol. The van der Waals surface area contributed by atoms with E-state index in [1.165, 1.54) is 6.42 Å². The molecule has 86 valence electrons. The molecule has 1 aliphatic heterocycles. The normalized spacial score (nSPS) is 19.7. The first-order valence-corrected chi connectivity index (χ1v) is 5.89. The van der Waals surface area contributed by atoms with Gasteiger partial charge in [0, 0.05) is 24.4 Å². The molecule has 1 unspecified atom stereocenters. The van der Waals surface area contributed by atoms with Gasteiger partial charge in [0.05, 0.1) is 5.71 Å². The summed E-state index contributed by atoms with van der Waals surface area (Å²) in [5.74, 6) is 0.728. The molecule has 0 aliphatic carbocycles. The zero-order valence-corrected chi connectivity index (χ0v) is 9.89. The SMILES string of the molecule is CC(C)CCC1CC(c2cccnc2)=NO1. The summed E-state index contributed by atoms with van der Waals surface area (Å²) in [6.45, 7) is 4.47. The third kappa shape index (κ3) is 2.81. The highest BCUT2D eigenvalue weighted by Crippen LogP contribution is 2.21. The molecule has 2 heterocycles. The third-order valence-electron chi connectivity index (χ3n) is 2.79. The van der Waals surface area contributed by atoms with Gasteiger partial charge in [-0.25, -0.2) is 0 Å². The average molecular weight is 218 g/mol. The lowest BCUT2D eigenvalue weighted by Gasteiger charge is -2.09. The summed E-state index contributed by atoms with van der Waals surface area (Å²) < 4.78 is 0. The first kappa shape index (κ1) is 11.1. The Bertz CT molecular complexity index is 359. The summed E-state index contributed by atoms with van der Waals surface area (Å²) in [5.41, 5.74) is 2.11. The van der Waals surface area contributed by atoms with Gasteiger partial charge in [-0.05, 0) is 30.9 Å². The van der Waals surface area contributed by atoms with Crippen LogP contribution < -0.4 is 0 Å². The van der Waals surface area contributed by atoms with E-state index in [9.17, 15) is 0 Å². The van der Waals surface area contributed by atoms with Gasteiger partial charge < -0.3 is 4.84 Å². The van der Waals surface area contributed by atoms with Crippen LogP contribution in [0.1, 0.15) is 38.7 Å². The maximum absolute atomic E-state index is 5.43. The topological polar surface area (TPSA) is 34.5 Å². The van der Waals surface area contributed by atoms with E-state index in [0.717, 1.165) is 30.0 Å². The van der Waals surface area contributed by atoms with E-state index in [4.69, 9.17) is 4.84 Å². The van der Waals surface area contributed by atoms with Gasteiger partial charge in [-0.2, -0.15) is 0 Å². The van der Waals surface area contributed by atoms with Crippen LogP contribution >= 0.6 is 0 Å². The Hall–Kier alpha value is -1.38. The van der Waals surface area contributed by atoms with Gasteiger partial charge in [-0.1, -0.05) is 19.0 Å². The Kier molecular flexibility index (Phi) is 3.54. The quantitative estimate of drug-likeness (QED) is 0.778. The molecule has 3 heteroatoms. The zero-order chi connectivity index (χ0) is 11.4. The maximum atomic E-state index is 5.43. The summed E-state index contributed by atoms with van der Waals surface area (Å²) in [6.07, 6.45) is 7.07. The lowest BCUT2D eigenvalue weighted by Crippen LogP contribution is -2.09. The maximum Gasteiger partial charge on any atom is 0.133 e. The van der Waals surface area contributed by atoms with Crippen molar-refractivity contribution >= 4 is 5.71 Å². The molecule has 1 aromatic rings. The van der Waals surface area contributed by atoms with Crippen LogP contribution in [0, 0.1) is 5.92 Å². The van der Waals surface area contributed by atoms with Crippen molar-refractivity contribution < 1.29 is 4.84 Å². The molecule has 0 N–H and O–H groups in total. The van der Waals surface area contributed by atoms with Crippen LogP contribution in [-0.2, 0) is 4.84 Å². The number of oxime groups is 1. The van der Waals surface area contributed by atoms with Gasteiger partial charge in [0.1, 0.15) is 6.10 Å². The van der Waals surface area contributed by atoms with Crippen LogP contribution in [0.3, 0.4) is 0 Å². The van der Waals surface area contributed by atoms with Crippen molar-refractivity contribution in [2.24, 2.45) is 11.1 Å². The molecule has 0 spiro atoms. The number of rotatable bonds is 4. The van der Waals surface area contributed by atoms with Crippen molar-refractivity contribution in [2.75, 3.05) is 0 Å². The molecule has 0 fully saturated rings. The molecule has 1 atom stereocenters. The van der Waals surface area contributed by atoms with Crippen LogP contribution in [-0.4, -0.2) is 16.8 Å². The standard InChI is InChI=1S/C13H18N2O/c1-10(2)5-6-12-8-13(15-16-12)11-4-3-7-14-9-11/h3-4,7,9-10,12H,5-6,8H2,1-2H3. The molecular formula is C13H18N2O. The van der Waals surface area contributed by atoms with E-state index in [1.54, 1.807) is 6.20 Å². The van der Waals surface area contributed by atoms with Crippen molar-refractivity contribution in [3.63, 3.8) is 0 Å². The minimum atomic E-state index is 0.262. The number of pyridine rings is 1. The lowest BCUT2D eigenvalue weighted by molar-refractivity contribution is 0.0749. The first-order chi connectivity index (χ1) is 7.75. The van der Waals surface area contributed by atoms with Gasteiger partial charge in [0.15, 0.2) is 0 Å². The van der Waals surface area contributed by atoms with Crippen LogP contribution in [0.5, 0.6) is 0 Å². The second kappa shape index (κ2) is 5.10. The largest absolute Gasteiger partial charge is 0.392 e. The van der Waals surface area contributed by atoms with E-state index in [0.29, 0.717) is 0 Å². The van der Waals surface area contributed by atoms with E-state index in [2.05, 4.69) is 24.0 Å². The molecule has 3 nitrogen and oxygen atoms in total. The average Bonchev–Trinajstić information content (AvgIpc) is 2.76. The van der Waals surface area contributed by atoms with E-state index in [-0.39, 0.29) is 6.10 Å². The second-order valence-corrected chi connectivity index (χ2v) is 4.68. The smallest absolute Gasteiger partial charge is 0.133 e.